The molecule has 3 rings (SSSR count). The Kier molecular flexibility index (Phi) is 3.78. The van der Waals surface area contributed by atoms with Gasteiger partial charge in [0.05, 0.1) is 11.3 Å². The molecule has 1 aromatic heterocycles. The quantitative estimate of drug-likeness (QED) is 0.593. The highest BCUT2D eigenvalue weighted by Gasteiger charge is 2.25. The lowest BCUT2D eigenvalue weighted by Crippen LogP contribution is -2.03. The van der Waals surface area contributed by atoms with E-state index in [0.29, 0.717) is 23.4 Å². The number of aryl methyl sites for hydroxylation is 1. The molecule has 0 aliphatic carbocycles. The predicted molar refractivity (Wildman–Crippen MR) is 91.9 cm³/mol. The molecule has 0 saturated carbocycles. The van der Waals surface area contributed by atoms with E-state index >= 15 is 0 Å². The number of H-pyrrole nitrogens is 1. The Hall–Kier alpha value is -2.82. The monoisotopic (exact) mass is 311 g/mol. The average molecular weight is 311 g/mol. The third-order valence-electron chi connectivity index (χ3n) is 3.95. The number of aromatic nitrogens is 1. The molecule has 1 aliphatic rings. The number of hydrogen-bond acceptors (Lipinski definition) is 2. The van der Waals surface area contributed by atoms with Crippen molar-refractivity contribution in [3.05, 3.63) is 59.2 Å². The lowest BCUT2D eigenvalue weighted by molar-refractivity contribution is -0.110. The fraction of sp³-hybridized carbons (Fsp3) is 0.167. The summed E-state index contributed by atoms with van der Waals surface area (Å²) in [6.07, 6.45) is 3.55. The third kappa shape index (κ3) is 2.65. The Morgan fingerprint density at radius 1 is 1.35 bits per heavy atom. The normalized spacial score (nSPS) is 14.7. The maximum atomic E-state index is 13.5. The number of halogens is 1. The fourth-order valence-corrected chi connectivity index (χ4v) is 2.81. The second-order valence-corrected chi connectivity index (χ2v) is 5.54. The Labute approximate surface area is 134 Å². The summed E-state index contributed by atoms with van der Waals surface area (Å²) < 4.78 is 13.5. The van der Waals surface area contributed by atoms with Crippen LogP contribution in [0.5, 0.6) is 0 Å². The largest absolute Gasteiger partial charge is 0.380 e. The number of carbonyl (C=O) groups is 1. The Balaban J connectivity index is 2.05. The minimum atomic E-state index is -0.362. The van der Waals surface area contributed by atoms with Gasteiger partial charge in [-0.2, -0.15) is 0 Å². The van der Waals surface area contributed by atoms with Crippen LogP contribution in [0, 0.1) is 19.7 Å². The zero-order chi connectivity index (χ0) is 16.6. The van der Waals surface area contributed by atoms with Gasteiger partial charge in [-0.3, -0.25) is 4.79 Å². The molecule has 23 heavy (non-hydrogen) atoms. The van der Waals surface area contributed by atoms with Crippen molar-refractivity contribution in [3.8, 4) is 0 Å². The van der Waals surface area contributed by atoms with E-state index in [1.54, 1.807) is 18.2 Å². The molecule has 2 aromatic rings. The van der Waals surface area contributed by atoms with Crippen molar-refractivity contribution in [2.75, 3.05) is 17.2 Å². The van der Waals surface area contributed by atoms with Gasteiger partial charge < -0.3 is 15.6 Å². The molecular weight excluding hydrogens is 293 g/mol. The first-order valence-electron chi connectivity index (χ1n) is 7.38. The topological polar surface area (TPSA) is 56.9 Å². The summed E-state index contributed by atoms with van der Waals surface area (Å²) in [5.41, 5.74) is 5.49. The SMILES string of the molecule is C=CCNc1c(C)[nH]c(C=C2C(=O)Nc3ccc(F)cc32)c1C. The molecule has 3 N–H and O–H groups in total. The van der Waals surface area contributed by atoms with Crippen molar-refractivity contribution in [1.29, 1.82) is 0 Å². The third-order valence-corrected chi connectivity index (χ3v) is 3.95. The standard InChI is InChI=1S/C18H18FN3O/c1-4-7-20-17-10(2)16(21-11(17)3)9-14-13-8-12(19)5-6-15(13)22-18(14)23/h4-6,8-9,20-21H,1,7H2,2-3H3,(H,22,23). The van der Waals surface area contributed by atoms with Crippen molar-refractivity contribution >= 4 is 28.9 Å². The molecule has 0 bridgehead atoms. The summed E-state index contributed by atoms with van der Waals surface area (Å²) in [4.78, 5) is 15.4. The first-order valence-corrected chi connectivity index (χ1v) is 7.38. The summed E-state index contributed by atoms with van der Waals surface area (Å²) in [6.45, 7) is 8.29. The van der Waals surface area contributed by atoms with E-state index in [1.165, 1.54) is 12.1 Å². The van der Waals surface area contributed by atoms with Crippen molar-refractivity contribution < 1.29 is 9.18 Å². The van der Waals surface area contributed by atoms with Crippen molar-refractivity contribution in [1.82, 2.24) is 4.98 Å². The molecule has 0 spiro atoms. The van der Waals surface area contributed by atoms with Gasteiger partial charge in [-0.25, -0.2) is 4.39 Å². The van der Waals surface area contributed by atoms with Crippen LogP contribution in [0.2, 0.25) is 0 Å². The fourth-order valence-electron chi connectivity index (χ4n) is 2.81. The van der Waals surface area contributed by atoms with Gasteiger partial charge in [-0.1, -0.05) is 6.08 Å². The molecule has 0 unspecified atom stereocenters. The Bertz CT molecular complexity index is 833. The highest BCUT2D eigenvalue weighted by Crippen LogP contribution is 2.35. The van der Waals surface area contributed by atoms with Gasteiger partial charge in [0, 0.05) is 29.2 Å². The lowest BCUT2D eigenvalue weighted by atomic mass is 10.0. The van der Waals surface area contributed by atoms with Gasteiger partial charge in [0.2, 0.25) is 0 Å². The molecule has 0 saturated heterocycles. The number of aromatic amines is 1. The molecule has 0 radical (unpaired) electrons. The first-order chi connectivity index (χ1) is 11.0. The van der Waals surface area contributed by atoms with Gasteiger partial charge in [0.1, 0.15) is 5.82 Å². The maximum Gasteiger partial charge on any atom is 0.256 e. The molecule has 4 nitrogen and oxygen atoms in total. The second-order valence-electron chi connectivity index (χ2n) is 5.54. The van der Waals surface area contributed by atoms with E-state index in [-0.39, 0.29) is 11.7 Å². The zero-order valence-electron chi connectivity index (χ0n) is 13.1. The van der Waals surface area contributed by atoms with Crippen molar-refractivity contribution in [3.63, 3.8) is 0 Å². The average Bonchev–Trinajstić information content (AvgIpc) is 2.96. The van der Waals surface area contributed by atoms with Crippen LogP contribution in [-0.4, -0.2) is 17.4 Å². The van der Waals surface area contributed by atoms with Crippen LogP contribution in [0.25, 0.3) is 11.6 Å². The molecule has 1 aliphatic heterocycles. The number of hydrogen-bond donors (Lipinski definition) is 3. The first kappa shape index (κ1) is 15.1. The van der Waals surface area contributed by atoms with E-state index in [9.17, 15) is 9.18 Å². The molecule has 0 atom stereocenters. The van der Waals surface area contributed by atoms with Crippen LogP contribution in [0.15, 0.2) is 30.9 Å². The number of rotatable bonds is 4. The van der Waals surface area contributed by atoms with Gasteiger partial charge in [0.15, 0.2) is 0 Å². The van der Waals surface area contributed by atoms with Crippen molar-refractivity contribution in [2.24, 2.45) is 0 Å². The number of amides is 1. The van der Waals surface area contributed by atoms with Crippen molar-refractivity contribution in [2.45, 2.75) is 13.8 Å². The van der Waals surface area contributed by atoms with E-state index in [0.717, 1.165) is 22.6 Å². The molecule has 0 fully saturated rings. The van der Waals surface area contributed by atoms with E-state index in [1.807, 2.05) is 13.8 Å². The molecule has 2 heterocycles. The summed E-state index contributed by atoms with van der Waals surface area (Å²) in [6, 6.07) is 4.29. The lowest BCUT2D eigenvalue weighted by Gasteiger charge is -2.03. The van der Waals surface area contributed by atoms with Gasteiger partial charge >= 0.3 is 0 Å². The van der Waals surface area contributed by atoms with Crippen LogP contribution in [0.3, 0.4) is 0 Å². The molecular formula is C18H18FN3O. The minimum Gasteiger partial charge on any atom is -0.380 e. The predicted octanol–water partition coefficient (Wildman–Crippen LogP) is 3.86. The summed E-state index contributed by atoms with van der Waals surface area (Å²) in [7, 11) is 0. The summed E-state index contributed by atoms with van der Waals surface area (Å²) in [5.74, 6) is -0.586. The van der Waals surface area contributed by atoms with Crippen LogP contribution >= 0.6 is 0 Å². The summed E-state index contributed by atoms with van der Waals surface area (Å²) >= 11 is 0. The highest BCUT2D eigenvalue weighted by molar-refractivity contribution is 6.34. The number of nitrogens with one attached hydrogen (secondary N) is 3. The molecule has 5 heteroatoms. The number of carbonyl (C=O) groups excluding carboxylic acids is 1. The molecule has 1 amide bonds. The van der Waals surface area contributed by atoms with Crippen LogP contribution in [0.4, 0.5) is 15.8 Å². The number of anilines is 2. The zero-order valence-corrected chi connectivity index (χ0v) is 13.1. The second kappa shape index (κ2) is 5.76. The molecule has 1 aromatic carbocycles. The Morgan fingerprint density at radius 2 is 2.13 bits per heavy atom. The number of benzene rings is 1. The van der Waals surface area contributed by atoms with Gasteiger partial charge in [-0.15, -0.1) is 6.58 Å². The Morgan fingerprint density at radius 3 is 2.87 bits per heavy atom. The number of fused-ring (bicyclic) bond motifs is 1. The van der Waals surface area contributed by atoms with Crippen LogP contribution in [0.1, 0.15) is 22.5 Å². The van der Waals surface area contributed by atoms with Crippen LogP contribution in [-0.2, 0) is 4.79 Å². The summed E-state index contributed by atoms with van der Waals surface area (Å²) in [5, 5.41) is 6.03. The van der Waals surface area contributed by atoms with Gasteiger partial charge in [-0.05, 0) is 43.7 Å². The molecule has 118 valence electrons. The van der Waals surface area contributed by atoms with E-state index in [2.05, 4.69) is 22.2 Å². The minimum absolute atomic E-state index is 0.224. The van der Waals surface area contributed by atoms with E-state index in [4.69, 9.17) is 0 Å². The van der Waals surface area contributed by atoms with Gasteiger partial charge in [0.25, 0.3) is 5.91 Å². The highest BCUT2D eigenvalue weighted by atomic mass is 19.1. The van der Waals surface area contributed by atoms with E-state index < -0.39 is 0 Å². The maximum absolute atomic E-state index is 13.5. The smallest absolute Gasteiger partial charge is 0.256 e. The van der Waals surface area contributed by atoms with Crippen LogP contribution < -0.4 is 10.6 Å².